The van der Waals surface area contributed by atoms with Gasteiger partial charge < -0.3 is 5.73 Å². The molecule has 0 aromatic carbocycles. The maximum absolute atomic E-state index is 12.0. The van der Waals surface area contributed by atoms with E-state index in [4.69, 9.17) is 5.73 Å². The Morgan fingerprint density at radius 3 is 1.94 bits per heavy atom. The van der Waals surface area contributed by atoms with Crippen LogP contribution in [0.25, 0.3) is 0 Å². The lowest BCUT2D eigenvalue weighted by atomic mass is 9.93. The molecule has 0 saturated carbocycles. The summed E-state index contributed by atoms with van der Waals surface area (Å²) in [6.45, 7) is 1.94. The highest BCUT2D eigenvalue weighted by Gasteiger charge is 2.39. The van der Waals surface area contributed by atoms with Gasteiger partial charge in [0, 0.05) is 19.1 Å². The highest BCUT2D eigenvalue weighted by molar-refractivity contribution is 7.87. The number of halogens is 3. The quantitative estimate of drug-likeness (QED) is 0.729. The van der Waals surface area contributed by atoms with Gasteiger partial charge in [-0.2, -0.15) is 30.6 Å². The van der Waals surface area contributed by atoms with E-state index < -0.39 is 28.5 Å². The molecule has 0 saturated heterocycles. The smallest absolute Gasteiger partial charge is 0.329 e. The van der Waals surface area contributed by atoms with Crippen LogP contribution in [-0.2, 0) is 10.2 Å². The van der Waals surface area contributed by atoms with E-state index in [0.717, 1.165) is 4.31 Å². The zero-order valence-corrected chi connectivity index (χ0v) is 11.5. The summed E-state index contributed by atoms with van der Waals surface area (Å²) in [6, 6.07) is 0. The summed E-state index contributed by atoms with van der Waals surface area (Å²) in [5, 5.41) is 0. The average Bonchev–Trinajstić information content (AvgIpc) is 2.29. The van der Waals surface area contributed by atoms with Gasteiger partial charge in [-0.1, -0.05) is 13.8 Å². The van der Waals surface area contributed by atoms with Gasteiger partial charge in [-0.3, -0.25) is 0 Å². The zero-order valence-electron chi connectivity index (χ0n) is 10.7. The standard InChI is InChI=1S/C9H20F3N3O2S/c1-4-8(5-2,6-13)15(3)18(16,17)14-7-9(10,11)12/h14H,4-7,13H2,1-3H3. The van der Waals surface area contributed by atoms with Crippen LogP contribution in [0, 0.1) is 0 Å². The number of alkyl halides is 3. The summed E-state index contributed by atoms with van der Waals surface area (Å²) in [4.78, 5) is 0. The Morgan fingerprint density at radius 2 is 1.67 bits per heavy atom. The Hall–Kier alpha value is -0.380. The molecule has 0 aromatic heterocycles. The summed E-state index contributed by atoms with van der Waals surface area (Å²) < 4.78 is 62.0. The van der Waals surface area contributed by atoms with E-state index >= 15 is 0 Å². The molecule has 3 N–H and O–H groups in total. The first-order valence-corrected chi connectivity index (χ1v) is 6.99. The van der Waals surface area contributed by atoms with Crippen molar-refractivity contribution in [1.29, 1.82) is 0 Å². The molecule has 5 nitrogen and oxygen atoms in total. The van der Waals surface area contributed by atoms with Gasteiger partial charge in [-0.15, -0.1) is 0 Å². The highest BCUT2D eigenvalue weighted by atomic mass is 32.2. The van der Waals surface area contributed by atoms with Gasteiger partial charge in [-0.25, -0.2) is 0 Å². The van der Waals surface area contributed by atoms with Crippen LogP contribution in [0.15, 0.2) is 0 Å². The normalized spacial score (nSPS) is 14.2. The molecule has 0 heterocycles. The monoisotopic (exact) mass is 291 g/mol. The lowest BCUT2D eigenvalue weighted by Gasteiger charge is -2.38. The van der Waals surface area contributed by atoms with Crippen molar-refractivity contribution in [3.63, 3.8) is 0 Å². The van der Waals surface area contributed by atoms with E-state index in [1.165, 1.54) is 11.8 Å². The summed E-state index contributed by atoms with van der Waals surface area (Å²) in [5.74, 6) is 0. The van der Waals surface area contributed by atoms with Gasteiger partial charge in [0.25, 0.3) is 10.2 Å². The van der Waals surface area contributed by atoms with E-state index in [1.807, 2.05) is 0 Å². The first kappa shape index (κ1) is 17.6. The molecular formula is C9H20F3N3O2S. The SMILES string of the molecule is CCC(CC)(CN)N(C)S(=O)(=O)NCC(F)(F)F. The fourth-order valence-corrected chi connectivity index (χ4v) is 3.02. The maximum atomic E-state index is 12.0. The van der Waals surface area contributed by atoms with Gasteiger partial charge >= 0.3 is 6.18 Å². The van der Waals surface area contributed by atoms with E-state index in [0.29, 0.717) is 12.8 Å². The second-order valence-corrected chi connectivity index (χ2v) is 5.83. The molecule has 0 unspecified atom stereocenters. The van der Waals surface area contributed by atoms with E-state index in [2.05, 4.69) is 0 Å². The molecule has 0 radical (unpaired) electrons. The molecule has 0 rings (SSSR count). The van der Waals surface area contributed by atoms with Gasteiger partial charge in [0.15, 0.2) is 0 Å². The Bertz CT molecular complexity index is 344. The lowest BCUT2D eigenvalue weighted by Crippen LogP contribution is -2.57. The van der Waals surface area contributed by atoms with Crippen molar-refractivity contribution in [2.24, 2.45) is 5.73 Å². The average molecular weight is 291 g/mol. The third kappa shape index (κ3) is 4.38. The second-order valence-electron chi connectivity index (χ2n) is 4.04. The van der Waals surface area contributed by atoms with Gasteiger partial charge in [0.05, 0.1) is 0 Å². The molecule has 0 aliphatic carbocycles. The van der Waals surface area contributed by atoms with Crippen LogP contribution < -0.4 is 10.5 Å². The Kier molecular flexibility index (Phi) is 6.05. The molecule has 0 fully saturated rings. The number of hydrogen-bond donors (Lipinski definition) is 2. The molecule has 0 aliphatic heterocycles. The third-order valence-corrected chi connectivity index (χ3v) is 4.80. The van der Waals surface area contributed by atoms with Crippen molar-refractivity contribution in [3.05, 3.63) is 0 Å². The summed E-state index contributed by atoms with van der Waals surface area (Å²) >= 11 is 0. The van der Waals surface area contributed by atoms with Crippen LogP contribution in [0.3, 0.4) is 0 Å². The molecule has 9 heteroatoms. The maximum Gasteiger partial charge on any atom is 0.402 e. The molecule has 0 aliphatic rings. The molecule has 18 heavy (non-hydrogen) atoms. The Labute approximate surface area is 106 Å². The topological polar surface area (TPSA) is 75.4 Å². The predicted octanol–water partition coefficient (Wildman–Crippen LogP) is 0.832. The van der Waals surface area contributed by atoms with Crippen molar-refractivity contribution in [2.75, 3.05) is 20.1 Å². The van der Waals surface area contributed by atoms with E-state index in [1.54, 1.807) is 13.8 Å². The highest BCUT2D eigenvalue weighted by Crippen LogP contribution is 2.24. The molecule has 0 aromatic rings. The van der Waals surface area contributed by atoms with Crippen LogP contribution >= 0.6 is 0 Å². The molecular weight excluding hydrogens is 271 g/mol. The number of rotatable bonds is 7. The Balaban J connectivity index is 5.00. The van der Waals surface area contributed by atoms with Crippen LogP contribution in [0.2, 0.25) is 0 Å². The first-order chi connectivity index (χ1) is 8.04. The molecule has 0 spiro atoms. The van der Waals surface area contributed by atoms with Crippen LogP contribution in [0.1, 0.15) is 26.7 Å². The van der Waals surface area contributed by atoms with Gasteiger partial charge in [0.1, 0.15) is 6.54 Å². The fourth-order valence-electron chi connectivity index (χ4n) is 1.64. The number of nitrogens with zero attached hydrogens (tertiary/aromatic N) is 1. The minimum absolute atomic E-state index is 0.0451. The predicted molar refractivity (Wildman–Crippen MR) is 63.1 cm³/mol. The third-order valence-electron chi connectivity index (χ3n) is 3.18. The number of nitrogens with two attached hydrogens (primary N) is 1. The van der Waals surface area contributed by atoms with Crippen molar-refractivity contribution in [1.82, 2.24) is 9.03 Å². The van der Waals surface area contributed by atoms with Crippen LogP contribution in [0.4, 0.5) is 13.2 Å². The molecule has 110 valence electrons. The van der Waals surface area contributed by atoms with Crippen molar-refractivity contribution >= 4 is 10.2 Å². The summed E-state index contributed by atoms with van der Waals surface area (Å²) in [5.41, 5.74) is 4.69. The van der Waals surface area contributed by atoms with Crippen LogP contribution in [0.5, 0.6) is 0 Å². The summed E-state index contributed by atoms with van der Waals surface area (Å²) in [7, 11) is -2.97. The number of hydrogen-bond acceptors (Lipinski definition) is 3. The van der Waals surface area contributed by atoms with E-state index in [9.17, 15) is 21.6 Å². The molecule has 0 atom stereocenters. The first-order valence-electron chi connectivity index (χ1n) is 5.55. The van der Waals surface area contributed by atoms with E-state index in [-0.39, 0.29) is 6.54 Å². The number of nitrogens with one attached hydrogen (secondary N) is 1. The van der Waals surface area contributed by atoms with Crippen molar-refractivity contribution in [2.45, 2.75) is 38.4 Å². The van der Waals surface area contributed by atoms with Gasteiger partial charge in [-0.05, 0) is 12.8 Å². The van der Waals surface area contributed by atoms with Crippen LogP contribution in [-0.4, -0.2) is 44.6 Å². The molecule has 0 amide bonds. The lowest BCUT2D eigenvalue weighted by molar-refractivity contribution is -0.121. The second kappa shape index (κ2) is 6.18. The van der Waals surface area contributed by atoms with Crippen molar-refractivity contribution in [3.8, 4) is 0 Å². The summed E-state index contributed by atoms with van der Waals surface area (Å²) in [6.07, 6.45) is -3.75. The van der Waals surface area contributed by atoms with Crippen molar-refractivity contribution < 1.29 is 21.6 Å². The largest absolute Gasteiger partial charge is 0.402 e. The minimum Gasteiger partial charge on any atom is -0.329 e. The molecule has 0 bridgehead atoms. The zero-order chi connectivity index (χ0) is 14.6. The number of likely N-dealkylation sites (N-methyl/N-ethyl adjacent to an activating group) is 1. The minimum atomic E-state index is -4.59. The fraction of sp³-hybridized carbons (Fsp3) is 1.00. The van der Waals surface area contributed by atoms with Gasteiger partial charge in [0.2, 0.25) is 0 Å². The Morgan fingerprint density at radius 1 is 1.22 bits per heavy atom.